The molecule has 0 fully saturated rings. The summed E-state index contributed by atoms with van der Waals surface area (Å²) >= 11 is 0. The van der Waals surface area contributed by atoms with Gasteiger partial charge >= 0.3 is 12.1 Å². The van der Waals surface area contributed by atoms with Gasteiger partial charge < -0.3 is 14.6 Å². The Labute approximate surface area is 85.0 Å². The van der Waals surface area contributed by atoms with Crippen molar-refractivity contribution in [2.24, 2.45) is 5.92 Å². The van der Waals surface area contributed by atoms with Crippen molar-refractivity contribution in [2.75, 3.05) is 26.4 Å². The number of carboxylic acid groups (broad SMARTS) is 1. The maximum atomic E-state index is 12.1. The number of alkyl halides is 3. The van der Waals surface area contributed by atoms with Crippen LogP contribution in [0.25, 0.3) is 0 Å². The molecule has 0 aliphatic rings. The Bertz CT molecular complexity index is 193. The molecule has 1 N–H and O–H groups in total. The number of carbonyl (C=O) groups is 1. The molecule has 0 aromatic rings. The molecule has 1 atom stereocenters. The largest absolute Gasteiger partial charge is 0.481 e. The second kappa shape index (κ2) is 6.62. The van der Waals surface area contributed by atoms with Crippen LogP contribution in [-0.4, -0.2) is 43.7 Å². The fourth-order valence-corrected chi connectivity index (χ4v) is 0.769. The molecule has 90 valence electrons. The minimum absolute atomic E-state index is 0.0479. The van der Waals surface area contributed by atoms with Crippen molar-refractivity contribution < 1.29 is 32.5 Å². The maximum absolute atomic E-state index is 12.1. The van der Waals surface area contributed by atoms with Crippen molar-refractivity contribution in [3.05, 3.63) is 0 Å². The summed E-state index contributed by atoms with van der Waals surface area (Å²) in [7, 11) is 0. The van der Waals surface area contributed by atoms with Crippen LogP contribution in [0.3, 0.4) is 0 Å². The van der Waals surface area contributed by atoms with Crippen molar-refractivity contribution >= 4 is 5.97 Å². The van der Waals surface area contributed by atoms with E-state index in [-0.39, 0.29) is 13.2 Å². The van der Waals surface area contributed by atoms with Gasteiger partial charge in [-0.05, 0) is 6.92 Å². The fourth-order valence-electron chi connectivity index (χ4n) is 0.769. The molecule has 0 bridgehead atoms. The number of hydrogen-bond acceptors (Lipinski definition) is 3. The number of carboxylic acids is 1. The van der Waals surface area contributed by atoms with Crippen LogP contribution in [0, 0.1) is 5.92 Å². The molecule has 0 aliphatic heterocycles. The number of hydrogen-bond donors (Lipinski definition) is 1. The Morgan fingerprint density at radius 2 is 1.87 bits per heavy atom. The highest BCUT2D eigenvalue weighted by molar-refractivity contribution is 5.71. The van der Waals surface area contributed by atoms with E-state index in [1.807, 2.05) is 0 Å². The van der Waals surface area contributed by atoms with Crippen LogP contribution >= 0.6 is 0 Å². The summed E-state index contributed by atoms with van der Waals surface area (Å²) in [5.41, 5.74) is 0. The van der Waals surface area contributed by atoms with Gasteiger partial charge in [0.15, 0.2) is 5.92 Å². The summed E-state index contributed by atoms with van der Waals surface area (Å²) in [6.45, 7) is 1.39. The second-order valence-electron chi connectivity index (χ2n) is 2.70. The molecule has 15 heavy (non-hydrogen) atoms. The van der Waals surface area contributed by atoms with Gasteiger partial charge in [-0.25, -0.2) is 0 Å². The van der Waals surface area contributed by atoms with E-state index in [4.69, 9.17) is 9.84 Å². The van der Waals surface area contributed by atoms with Crippen molar-refractivity contribution in [1.82, 2.24) is 0 Å². The van der Waals surface area contributed by atoms with E-state index in [2.05, 4.69) is 4.74 Å². The van der Waals surface area contributed by atoms with Crippen LogP contribution in [0.1, 0.15) is 6.92 Å². The van der Waals surface area contributed by atoms with E-state index < -0.39 is 24.7 Å². The lowest BCUT2D eigenvalue weighted by Crippen LogP contribution is -2.34. The minimum Gasteiger partial charge on any atom is -0.481 e. The summed E-state index contributed by atoms with van der Waals surface area (Å²) in [5.74, 6) is -4.40. The molecule has 1 unspecified atom stereocenters. The summed E-state index contributed by atoms with van der Waals surface area (Å²) in [6.07, 6.45) is -4.78. The van der Waals surface area contributed by atoms with Crippen molar-refractivity contribution in [3.8, 4) is 0 Å². The predicted molar refractivity (Wildman–Crippen MR) is 44.5 cm³/mol. The van der Waals surface area contributed by atoms with E-state index in [1.165, 1.54) is 0 Å². The van der Waals surface area contributed by atoms with E-state index in [1.54, 1.807) is 6.92 Å². The Hall–Kier alpha value is -0.820. The molecule has 4 nitrogen and oxygen atoms in total. The average Bonchev–Trinajstić information content (AvgIpc) is 2.08. The second-order valence-corrected chi connectivity index (χ2v) is 2.70. The standard InChI is InChI=1S/C8H13F3O4/c1-2-14-3-4-15-5-6(7(12)13)8(9,10)11/h6H,2-5H2,1H3,(H,12,13). The Morgan fingerprint density at radius 1 is 1.33 bits per heavy atom. The number of rotatable bonds is 7. The molecule has 0 saturated carbocycles. The summed E-state index contributed by atoms with van der Waals surface area (Å²) in [6, 6.07) is 0. The summed E-state index contributed by atoms with van der Waals surface area (Å²) in [5, 5.41) is 8.28. The zero-order valence-electron chi connectivity index (χ0n) is 8.21. The van der Waals surface area contributed by atoms with E-state index >= 15 is 0 Å². The normalized spacial score (nSPS) is 13.9. The van der Waals surface area contributed by atoms with E-state index in [0.29, 0.717) is 6.61 Å². The third kappa shape index (κ3) is 6.29. The zero-order valence-corrected chi connectivity index (χ0v) is 8.21. The third-order valence-electron chi connectivity index (χ3n) is 1.55. The first-order valence-electron chi connectivity index (χ1n) is 4.34. The molecule has 0 rings (SSSR count). The quantitative estimate of drug-likeness (QED) is 0.670. The highest BCUT2D eigenvalue weighted by Crippen LogP contribution is 2.26. The van der Waals surface area contributed by atoms with Crippen LogP contribution in [0.15, 0.2) is 0 Å². The van der Waals surface area contributed by atoms with Gasteiger partial charge in [0.25, 0.3) is 0 Å². The highest BCUT2D eigenvalue weighted by Gasteiger charge is 2.45. The first kappa shape index (κ1) is 14.2. The maximum Gasteiger partial charge on any atom is 0.404 e. The highest BCUT2D eigenvalue weighted by atomic mass is 19.4. The first-order valence-corrected chi connectivity index (χ1v) is 4.34. The minimum atomic E-state index is -4.78. The first-order chi connectivity index (χ1) is 6.89. The third-order valence-corrected chi connectivity index (χ3v) is 1.55. The molecule has 0 amide bonds. The number of ether oxygens (including phenoxy) is 2. The molecule has 0 radical (unpaired) electrons. The molecule has 0 heterocycles. The lowest BCUT2D eigenvalue weighted by Gasteiger charge is -2.15. The average molecular weight is 230 g/mol. The summed E-state index contributed by atoms with van der Waals surface area (Å²) in [4.78, 5) is 10.2. The monoisotopic (exact) mass is 230 g/mol. The van der Waals surface area contributed by atoms with E-state index in [9.17, 15) is 18.0 Å². The van der Waals surface area contributed by atoms with Gasteiger partial charge in [-0.3, -0.25) is 4.79 Å². The Kier molecular flexibility index (Phi) is 6.26. The lowest BCUT2D eigenvalue weighted by atomic mass is 10.1. The number of halogens is 3. The van der Waals surface area contributed by atoms with Crippen LogP contribution in [-0.2, 0) is 14.3 Å². The molecule has 0 spiro atoms. The van der Waals surface area contributed by atoms with Gasteiger partial charge in [0.05, 0.1) is 19.8 Å². The van der Waals surface area contributed by atoms with Crippen LogP contribution in [0.5, 0.6) is 0 Å². The molecule has 0 aromatic carbocycles. The molecular formula is C8H13F3O4. The zero-order chi connectivity index (χ0) is 11.9. The predicted octanol–water partition coefficient (Wildman–Crippen LogP) is 1.30. The number of aliphatic carboxylic acids is 1. The Balaban J connectivity index is 3.84. The molecule has 0 saturated heterocycles. The van der Waals surface area contributed by atoms with Crippen LogP contribution < -0.4 is 0 Å². The van der Waals surface area contributed by atoms with Gasteiger partial charge in [-0.15, -0.1) is 0 Å². The topological polar surface area (TPSA) is 55.8 Å². The van der Waals surface area contributed by atoms with Crippen molar-refractivity contribution in [3.63, 3.8) is 0 Å². The van der Waals surface area contributed by atoms with Crippen molar-refractivity contribution in [2.45, 2.75) is 13.1 Å². The smallest absolute Gasteiger partial charge is 0.404 e. The van der Waals surface area contributed by atoms with Gasteiger partial charge in [0, 0.05) is 6.61 Å². The Morgan fingerprint density at radius 3 is 2.27 bits per heavy atom. The van der Waals surface area contributed by atoms with Crippen molar-refractivity contribution in [1.29, 1.82) is 0 Å². The van der Waals surface area contributed by atoms with Gasteiger partial charge in [0.2, 0.25) is 0 Å². The summed E-state index contributed by atoms with van der Waals surface area (Å²) < 4.78 is 45.5. The lowest BCUT2D eigenvalue weighted by molar-refractivity contribution is -0.203. The van der Waals surface area contributed by atoms with Gasteiger partial charge in [0.1, 0.15) is 0 Å². The molecular weight excluding hydrogens is 217 g/mol. The van der Waals surface area contributed by atoms with Crippen LogP contribution in [0.2, 0.25) is 0 Å². The molecule has 0 aromatic heterocycles. The SMILES string of the molecule is CCOCCOCC(C(=O)O)C(F)(F)F. The fraction of sp³-hybridized carbons (Fsp3) is 0.875. The van der Waals surface area contributed by atoms with Crippen LogP contribution in [0.4, 0.5) is 13.2 Å². The molecule has 0 aliphatic carbocycles. The van der Waals surface area contributed by atoms with Gasteiger partial charge in [-0.1, -0.05) is 0 Å². The van der Waals surface area contributed by atoms with Gasteiger partial charge in [-0.2, -0.15) is 13.2 Å². The molecule has 7 heteroatoms. The van der Waals surface area contributed by atoms with E-state index in [0.717, 1.165) is 0 Å².